The van der Waals surface area contributed by atoms with Crippen LogP contribution in [0.25, 0.3) is 0 Å². The zero-order valence-corrected chi connectivity index (χ0v) is 12.3. The Hall–Kier alpha value is -2.23. The van der Waals surface area contributed by atoms with Crippen molar-refractivity contribution in [2.75, 3.05) is 18.0 Å². The van der Waals surface area contributed by atoms with E-state index in [0.29, 0.717) is 5.69 Å². The van der Waals surface area contributed by atoms with Crippen molar-refractivity contribution >= 4 is 11.6 Å². The minimum atomic E-state index is -0.0703. The largest absolute Gasteiger partial charge is 0.372 e. The second-order valence-corrected chi connectivity index (χ2v) is 5.57. The van der Waals surface area contributed by atoms with Crippen LogP contribution in [-0.4, -0.2) is 24.0 Å². The number of aromatic amines is 1. The van der Waals surface area contributed by atoms with E-state index in [2.05, 4.69) is 39.5 Å². The van der Waals surface area contributed by atoms with E-state index in [-0.39, 0.29) is 11.9 Å². The first-order chi connectivity index (χ1) is 10.2. The summed E-state index contributed by atoms with van der Waals surface area (Å²) >= 11 is 0. The lowest BCUT2D eigenvalue weighted by atomic mass is 10.1. The zero-order chi connectivity index (χ0) is 14.7. The fraction of sp³-hybridized carbons (Fsp3) is 0.353. The second kappa shape index (κ2) is 6.04. The monoisotopic (exact) mass is 283 g/mol. The molecule has 3 rings (SSSR count). The summed E-state index contributed by atoms with van der Waals surface area (Å²) in [5.74, 6) is -0.0703. The van der Waals surface area contributed by atoms with E-state index >= 15 is 0 Å². The minimum Gasteiger partial charge on any atom is -0.372 e. The Balaban J connectivity index is 1.70. The second-order valence-electron chi connectivity index (χ2n) is 5.57. The average molecular weight is 283 g/mol. The number of nitrogens with one attached hydrogen (secondary N) is 2. The Bertz CT molecular complexity index is 600. The third-order valence-corrected chi connectivity index (χ3v) is 4.03. The van der Waals surface area contributed by atoms with Gasteiger partial charge in [0.05, 0.1) is 6.04 Å². The Kier molecular flexibility index (Phi) is 3.95. The molecule has 0 bridgehead atoms. The van der Waals surface area contributed by atoms with Gasteiger partial charge in [-0.2, -0.15) is 0 Å². The van der Waals surface area contributed by atoms with Crippen molar-refractivity contribution in [1.29, 1.82) is 0 Å². The molecule has 0 spiro atoms. The lowest BCUT2D eigenvalue weighted by molar-refractivity contribution is 0.0935. The molecule has 0 saturated carbocycles. The first-order valence-electron chi connectivity index (χ1n) is 7.53. The van der Waals surface area contributed by atoms with Crippen molar-refractivity contribution < 1.29 is 4.79 Å². The number of aromatic nitrogens is 1. The van der Waals surface area contributed by atoms with Gasteiger partial charge in [0.2, 0.25) is 0 Å². The fourth-order valence-electron chi connectivity index (χ4n) is 2.80. The summed E-state index contributed by atoms with van der Waals surface area (Å²) in [5, 5.41) is 3.03. The summed E-state index contributed by atoms with van der Waals surface area (Å²) in [7, 11) is 0. The molecule has 2 N–H and O–H groups in total. The molecule has 1 aromatic heterocycles. The van der Waals surface area contributed by atoms with Gasteiger partial charge in [0, 0.05) is 25.0 Å². The Morgan fingerprint density at radius 3 is 2.76 bits per heavy atom. The van der Waals surface area contributed by atoms with Crippen LogP contribution in [0.2, 0.25) is 0 Å². The summed E-state index contributed by atoms with van der Waals surface area (Å²) in [4.78, 5) is 17.4. The van der Waals surface area contributed by atoms with Gasteiger partial charge in [-0.15, -0.1) is 0 Å². The van der Waals surface area contributed by atoms with E-state index < -0.39 is 0 Å². The predicted molar refractivity (Wildman–Crippen MR) is 84.6 cm³/mol. The Morgan fingerprint density at radius 2 is 2.05 bits per heavy atom. The number of nitrogens with zero attached hydrogens (tertiary/aromatic N) is 1. The molecular weight excluding hydrogens is 262 g/mol. The van der Waals surface area contributed by atoms with Gasteiger partial charge in [0.1, 0.15) is 5.69 Å². The Morgan fingerprint density at radius 1 is 1.24 bits per heavy atom. The molecule has 21 heavy (non-hydrogen) atoms. The molecule has 1 unspecified atom stereocenters. The number of benzene rings is 1. The highest BCUT2D eigenvalue weighted by Crippen LogP contribution is 2.24. The van der Waals surface area contributed by atoms with E-state index in [4.69, 9.17) is 0 Å². The molecule has 1 amide bonds. The number of amides is 1. The molecule has 0 radical (unpaired) electrons. The van der Waals surface area contributed by atoms with Crippen LogP contribution < -0.4 is 10.2 Å². The molecule has 2 heterocycles. The number of hydrogen-bond donors (Lipinski definition) is 2. The van der Waals surface area contributed by atoms with E-state index in [0.717, 1.165) is 18.7 Å². The van der Waals surface area contributed by atoms with Crippen molar-refractivity contribution in [3.63, 3.8) is 0 Å². The fourth-order valence-corrected chi connectivity index (χ4v) is 2.80. The standard InChI is InChI=1S/C17H21N3O/c1-13(19-17(21)16-8-5-9-18-16)14-6-4-7-15(12-14)20-10-2-3-11-20/h4-9,12-13,18H,2-3,10-11H2,1H3,(H,19,21). The number of carbonyl (C=O) groups is 1. The van der Waals surface area contributed by atoms with Crippen LogP contribution in [0.4, 0.5) is 5.69 Å². The van der Waals surface area contributed by atoms with E-state index in [9.17, 15) is 4.79 Å². The van der Waals surface area contributed by atoms with E-state index in [1.54, 1.807) is 12.3 Å². The molecule has 110 valence electrons. The summed E-state index contributed by atoms with van der Waals surface area (Å²) < 4.78 is 0. The molecule has 1 atom stereocenters. The third-order valence-electron chi connectivity index (χ3n) is 4.03. The molecule has 4 heteroatoms. The van der Waals surface area contributed by atoms with Crippen molar-refractivity contribution in [3.8, 4) is 0 Å². The van der Waals surface area contributed by atoms with Crippen LogP contribution in [0.5, 0.6) is 0 Å². The Labute approximate surface area is 125 Å². The van der Waals surface area contributed by atoms with Gasteiger partial charge in [-0.1, -0.05) is 12.1 Å². The summed E-state index contributed by atoms with van der Waals surface area (Å²) in [5.41, 5.74) is 2.99. The summed E-state index contributed by atoms with van der Waals surface area (Å²) in [6, 6.07) is 12.1. The minimum absolute atomic E-state index is 0.0108. The van der Waals surface area contributed by atoms with Crippen molar-refractivity contribution in [1.82, 2.24) is 10.3 Å². The average Bonchev–Trinajstić information content (AvgIpc) is 3.20. The van der Waals surface area contributed by atoms with E-state index in [1.165, 1.54) is 18.5 Å². The van der Waals surface area contributed by atoms with Gasteiger partial charge in [-0.3, -0.25) is 4.79 Å². The van der Waals surface area contributed by atoms with Crippen molar-refractivity contribution in [3.05, 3.63) is 53.9 Å². The quantitative estimate of drug-likeness (QED) is 0.905. The summed E-state index contributed by atoms with van der Waals surface area (Å²) in [6.07, 6.45) is 4.29. The van der Waals surface area contributed by atoms with Crippen LogP contribution in [0.1, 0.15) is 41.9 Å². The molecule has 2 aromatic rings. The third kappa shape index (κ3) is 3.10. The van der Waals surface area contributed by atoms with Crippen LogP contribution >= 0.6 is 0 Å². The number of rotatable bonds is 4. The SMILES string of the molecule is CC(NC(=O)c1ccc[nH]1)c1cccc(N2CCCC2)c1. The predicted octanol–water partition coefficient (Wildman–Crippen LogP) is 3.11. The maximum absolute atomic E-state index is 12.1. The molecule has 0 aliphatic carbocycles. The van der Waals surface area contributed by atoms with Gasteiger partial charge in [0.15, 0.2) is 0 Å². The molecule has 1 saturated heterocycles. The van der Waals surface area contributed by atoms with Gasteiger partial charge in [-0.25, -0.2) is 0 Å². The zero-order valence-electron chi connectivity index (χ0n) is 12.3. The highest BCUT2D eigenvalue weighted by atomic mass is 16.1. The van der Waals surface area contributed by atoms with Crippen molar-refractivity contribution in [2.24, 2.45) is 0 Å². The highest BCUT2D eigenvalue weighted by molar-refractivity contribution is 5.92. The lowest BCUT2D eigenvalue weighted by Crippen LogP contribution is -2.27. The number of H-pyrrole nitrogens is 1. The van der Waals surface area contributed by atoms with Crippen LogP contribution in [0.3, 0.4) is 0 Å². The lowest BCUT2D eigenvalue weighted by Gasteiger charge is -2.20. The van der Waals surface area contributed by atoms with Gasteiger partial charge in [-0.05, 0) is 49.6 Å². The van der Waals surface area contributed by atoms with Crippen molar-refractivity contribution in [2.45, 2.75) is 25.8 Å². The van der Waals surface area contributed by atoms with Crippen LogP contribution in [0, 0.1) is 0 Å². The van der Waals surface area contributed by atoms with Gasteiger partial charge >= 0.3 is 0 Å². The molecule has 4 nitrogen and oxygen atoms in total. The molecule has 1 fully saturated rings. The number of carbonyl (C=O) groups excluding carboxylic acids is 1. The van der Waals surface area contributed by atoms with E-state index in [1.807, 2.05) is 13.0 Å². The molecule has 1 aliphatic rings. The topological polar surface area (TPSA) is 48.1 Å². The maximum atomic E-state index is 12.1. The van der Waals surface area contributed by atoms with Crippen LogP contribution in [-0.2, 0) is 0 Å². The normalized spacial score (nSPS) is 16.0. The molecule has 1 aromatic carbocycles. The molecular formula is C17H21N3O. The smallest absolute Gasteiger partial charge is 0.268 e. The first-order valence-corrected chi connectivity index (χ1v) is 7.53. The van der Waals surface area contributed by atoms with Gasteiger partial charge < -0.3 is 15.2 Å². The van der Waals surface area contributed by atoms with Crippen LogP contribution in [0.15, 0.2) is 42.6 Å². The number of anilines is 1. The highest BCUT2D eigenvalue weighted by Gasteiger charge is 2.15. The first kappa shape index (κ1) is 13.7. The van der Waals surface area contributed by atoms with Gasteiger partial charge in [0.25, 0.3) is 5.91 Å². The number of hydrogen-bond acceptors (Lipinski definition) is 2. The summed E-state index contributed by atoms with van der Waals surface area (Å²) in [6.45, 7) is 4.28. The molecule has 1 aliphatic heterocycles. The maximum Gasteiger partial charge on any atom is 0.268 e.